The molecule has 144 valence electrons. The zero-order valence-electron chi connectivity index (χ0n) is 15.6. The molecule has 0 radical (unpaired) electrons. The van der Waals surface area contributed by atoms with Gasteiger partial charge in [0, 0.05) is 38.8 Å². The van der Waals surface area contributed by atoms with Crippen LogP contribution in [0, 0.1) is 0 Å². The first kappa shape index (κ1) is 17.2. The molecule has 1 fully saturated rings. The molecular weight excluding hydrogens is 374 g/mol. The summed E-state index contributed by atoms with van der Waals surface area (Å²) in [6.45, 7) is 3.10. The van der Waals surface area contributed by atoms with Crippen molar-refractivity contribution < 1.29 is 8.42 Å². The molecule has 2 aromatic carbocycles. The Morgan fingerprint density at radius 1 is 0.893 bits per heavy atom. The van der Waals surface area contributed by atoms with E-state index in [-0.39, 0.29) is 0 Å². The van der Waals surface area contributed by atoms with Gasteiger partial charge < -0.3 is 14.4 Å². The maximum absolute atomic E-state index is 12.4. The van der Waals surface area contributed by atoms with Gasteiger partial charge in [-0.05, 0) is 30.7 Å². The van der Waals surface area contributed by atoms with Crippen molar-refractivity contribution >= 4 is 32.8 Å². The highest BCUT2D eigenvalue weighted by Gasteiger charge is 2.32. The average molecular weight is 395 g/mol. The number of imidazole rings is 1. The van der Waals surface area contributed by atoms with Crippen molar-refractivity contribution in [2.24, 2.45) is 11.4 Å². The molecule has 2 aliphatic rings. The minimum atomic E-state index is -3.59. The molecule has 0 spiro atoms. The topological polar surface area (TPSA) is 70.8 Å². The van der Waals surface area contributed by atoms with E-state index in [1.165, 1.54) is 0 Å². The number of rotatable bonds is 1. The van der Waals surface area contributed by atoms with Gasteiger partial charge in [0.05, 0.1) is 11.0 Å². The third-order valence-electron chi connectivity index (χ3n) is 5.45. The van der Waals surface area contributed by atoms with E-state index in [4.69, 9.17) is 4.98 Å². The quantitative estimate of drug-likeness (QED) is 0.632. The molecule has 2 aliphatic heterocycles. The SMILES string of the molecule is Cn1c(N2CCCN(C3=NS(=O)(=O)c4ccccc43)CC2)nc2ccccc21. The molecule has 0 atom stereocenters. The number of benzene rings is 2. The number of hydrogen-bond donors (Lipinski definition) is 0. The van der Waals surface area contributed by atoms with Gasteiger partial charge in [-0.2, -0.15) is 8.42 Å². The van der Waals surface area contributed by atoms with E-state index in [0.29, 0.717) is 22.8 Å². The van der Waals surface area contributed by atoms with E-state index < -0.39 is 10.0 Å². The highest BCUT2D eigenvalue weighted by atomic mass is 32.2. The van der Waals surface area contributed by atoms with Crippen LogP contribution in [0.2, 0.25) is 0 Å². The Labute approximate surface area is 164 Å². The maximum Gasteiger partial charge on any atom is 0.285 e. The van der Waals surface area contributed by atoms with E-state index in [2.05, 4.69) is 24.8 Å². The summed E-state index contributed by atoms with van der Waals surface area (Å²) in [5.74, 6) is 1.52. The molecule has 3 heterocycles. The molecule has 5 rings (SSSR count). The van der Waals surface area contributed by atoms with Gasteiger partial charge in [0.25, 0.3) is 10.0 Å². The summed E-state index contributed by atoms with van der Waals surface area (Å²) in [6.07, 6.45) is 0.907. The third-order valence-corrected chi connectivity index (χ3v) is 6.78. The summed E-state index contributed by atoms with van der Waals surface area (Å²) >= 11 is 0. The molecule has 1 aromatic heterocycles. The van der Waals surface area contributed by atoms with Crippen LogP contribution in [0.5, 0.6) is 0 Å². The van der Waals surface area contributed by atoms with Crippen LogP contribution in [0.15, 0.2) is 57.8 Å². The third kappa shape index (κ3) is 2.67. The van der Waals surface area contributed by atoms with Gasteiger partial charge in [0.15, 0.2) is 5.84 Å². The lowest BCUT2D eigenvalue weighted by atomic mass is 10.2. The molecule has 0 unspecified atom stereocenters. The van der Waals surface area contributed by atoms with E-state index in [1.807, 2.05) is 37.4 Å². The number of aromatic nitrogens is 2. The first-order valence-electron chi connectivity index (χ1n) is 9.40. The fourth-order valence-electron chi connectivity index (χ4n) is 4.06. The minimum Gasteiger partial charge on any atom is -0.354 e. The Morgan fingerprint density at radius 2 is 1.61 bits per heavy atom. The summed E-state index contributed by atoms with van der Waals surface area (Å²) in [5, 5.41) is 0. The first-order valence-corrected chi connectivity index (χ1v) is 10.8. The second-order valence-corrected chi connectivity index (χ2v) is 8.75. The smallest absolute Gasteiger partial charge is 0.285 e. The molecule has 0 bridgehead atoms. The van der Waals surface area contributed by atoms with Gasteiger partial charge in [-0.1, -0.05) is 24.3 Å². The van der Waals surface area contributed by atoms with Crippen molar-refractivity contribution in [2.75, 3.05) is 31.1 Å². The predicted octanol–water partition coefficient (Wildman–Crippen LogP) is 2.23. The van der Waals surface area contributed by atoms with Crippen LogP contribution in [-0.2, 0) is 17.1 Å². The zero-order valence-corrected chi connectivity index (χ0v) is 16.4. The summed E-state index contributed by atoms with van der Waals surface area (Å²) in [4.78, 5) is 9.47. The molecule has 0 aliphatic carbocycles. The van der Waals surface area contributed by atoms with Crippen LogP contribution in [-0.4, -0.2) is 54.9 Å². The number of anilines is 1. The predicted molar refractivity (Wildman–Crippen MR) is 109 cm³/mol. The number of fused-ring (bicyclic) bond motifs is 2. The monoisotopic (exact) mass is 395 g/mol. The normalized spacial score (nSPS) is 18.8. The molecule has 3 aromatic rings. The van der Waals surface area contributed by atoms with Crippen LogP contribution in [0.1, 0.15) is 12.0 Å². The van der Waals surface area contributed by atoms with Crippen LogP contribution < -0.4 is 4.90 Å². The van der Waals surface area contributed by atoms with Gasteiger partial charge in [-0.25, -0.2) is 4.98 Å². The molecular formula is C20H21N5O2S. The highest BCUT2D eigenvalue weighted by Crippen LogP contribution is 2.28. The lowest BCUT2D eigenvalue weighted by Gasteiger charge is -2.24. The van der Waals surface area contributed by atoms with E-state index in [1.54, 1.807) is 12.1 Å². The first-order chi connectivity index (χ1) is 13.5. The number of para-hydroxylation sites is 2. The molecule has 0 amide bonds. The van der Waals surface area contributed by atoms with Crippen LogP contribution in [0.25, 0.3) is 11.0 Å². The van der Waals surface area contributed by atoms with Crippen molar-refractivity contribution in [1.82, 2.24) is 14.5 Å². The number of nitrogens with zero attached hydrogens (tertiary/aromatic N) is 5. The Hall–Kier alpha value is -2.87. The van der Waals surface area contributed by atoms with Crippen molar-refractivity contribution in [3.63, 3.8) is 0 Å². The van der Waals surface area contributed by atoms with Gasteiger partial charge in [0.2, 0.25) is 5.95 Å². The van der Waals surface area contributed by atoms with Crippen LogP contribution in [0.4, 0.5) is 5.95 Å². The summed E-state index contributed by atoms with van der Waals surface area (Å²) in [5.41, 5.74) is 2.80. The molecule has 8 heteroatoms. The Balaban J connectivity index is 1.43. The average Bonchev–Trinajstić information content (AvgIpc) is 3.04. The minimum absolute atomic E-state index is 0.307. The lowest BCUT2D eigenvalue weighted by molar-refractivity contribution is 0.449. The van der Waals surface area contributed by atoms with Crippen LogP contribution >= 0.6 is 0 Å². The van der Waals surface area contributed by atoms with E-state index in [0.717, 1.165) is 43.0 Å². The van der Waals surface area contributed by atoms with Gasteiger partial charge in [-0.15, -0.1) is 4.40 Å². The lowest BCUT2D eigenvalue weighted by Crippen LogP contribution is -2.35. The van der Waals surface area contributed by atoms with Crippen molar-refractivity contribution in [3.05, 3.63) is 54.1 Å². The zero-order chi connectivity index (χ0) is 19.3. The second kappa shape index (κ2) is 6.34. The van der Waals surface area contributed by atoms with Crippen molar-refractivity contribution in [2.45, 2.75) is 11.3 Å². The maximum atomic E-state index is 12.4. The Morgan fingerprint density at radius 3 is 2.46 bits per heavy atom. The number of amidine groups is 1. The fourth-order valence-corrected chi connectivity index (χ4v) is 5.29. The Kier molecular flexibility index (Phi) is 3.90. The summed E-state index contributed by atoms with van der Waals surface area (Å²) < 4.78 is 31.0. The second-order valence-electron chi connectivity index (χ2n) is 7.17. The number of sulfonamides is 1. The molecule has 1 saturated heterocycles. The van der Waals surface area contributed by atoms with Gasteiger partial charge in [-0.3, -0.25) is 0 Å². The van der Waals surface area contributed by atoms with Gasteiger partial charge >= 0.3 is 0 Å². The standard InChI is InChI=1S/C20H21N5O2S/c1-23-17-9-4-3-8-16(17)21-20(23)25-12-6-11-24(13-14-25)19-15-7-2-5-10-18(15)28(26,27)22-19/h2-5,7-10H,6,11-14H2,1H3. The fraction of sp³-hybridized carbons (Fsp3) is 0.300. The van der Waals surface area contributed by atoms with E-state index >= 15 is 0 Å². The molecule has 0 saturated carbocycles. The van der Waals surface area contributed by atoms with Crippen molar-refractivity contribution in [1.29, 1.82) is 0 Å². The molecule has 0 N–H and O–H groups in total. The Bertz CT molecular complexity index is 1200. The number of aryl methyl sites for hydroxylation is 1. The van der Waals surface area contributed by atoms with Gasteiger partial charge in [0.1, 0.15) is 4.90 Å². The van der Waals surface area contributed by atoms with Crippen LogP contribution in [0.3, 0.4) is 0 Å². The highest BCUT2D eigenvalue weighted by molar-refractivity contribution is 7.90. The molecule has 28 heavy (non-hydrogen) atoms. The van der Waals surface area contributed by atoms with Crippen molar-refractivity contribution in [3.8, 4) is 0 Å². The van der Waals surface area contributed by atoms with E-state index in [9.17, 15) is 8.42 Å². The number of hydrogen-bond acceptors (Lipinski definition) is 5. The summed E-state index contributed by atoms with van der Waals surface area (Å²) in [7, 11) is -1.55. The largest absolute Gasteiger partial charge is 0.354 e. The summed E-state index contributed by atoms with van der Waals surface area (Å²) in [6, 6.07) is 15.2. The molecule has 7 nitrogen and oxygen atoms in total.